The van der Waals surface area contributed by atoms with Crippen LogP contribution in [0.4, 0.5) is 10.3 Å². The third-order valence-corrected chi connectivity index (χ3v) is 5.81. The Morgan fingerprint density at radius 1 is 1.07 bits per heavy atom. The van der Waals surface area contributed by atoms with Gasteiger partial charge in [-0.25, -0.2) is 12.8 Å². The van der Waals surface area contributed by atoms with E-state index in [1.807, 2.05) is 14.1 Å². The van der Waals surface area contributed by atoms with Gasteiger partial charge in [0.1, 0.15) is 5.82 Å². The Kier molecular flexibility index (Phi) is 6.11. The molecule has 1 heterocycles. The molecule has 0 fully saturated rings. The number of nitrogens with zero attached hydrogens (tertiary/aromatic N) is 1. The van der Waals surface area contributed by atoms with Crippen molar-refractivity contribution in [3.63, 3.8) is 0 Å². The SMILES string of the molecule is C[NH+](C)CCCNc1oc(-c2ccc(F)cc2)nc1S(=O)(=O)c1ccccc1. The fraction of sp³-hybridized carbons (Fsp3) is 0.250. The lowest BCUT2D eigenvalue weighted by molar-refractivity contribution is -0.858. The monoisotopic (exact) mass is 404 g/mol. The van der Waals surface area contributed by atoms with Gasteiger partial charge in [0.25, 0.3) is 0 Å². The van der Waals surface area contributed by atoms with Crippen LogP contribution in [0.5, 0.6) is 0 Å². The lowest BCUT2D eigenvalue weighted by Gasteiger charge is -2.08. The smallest absolute Gasteiger partial charge is 0.233 e. The Balaban J connectivity index is 1.97. The fourth-order valence-corrected chi connectivity index (χ4v) is 3.97. The van der Waals surface area contributed by atoms with E-state index in [4.69, 9.17) is 4.42 Å². The van der Waals surface area contributed by atoms with E-state index >= 15 is 0 Å². The molecule has 0 atom stereocenters. The van der Waals surface area contributed by atoms with E-state index in [1.165, 1.54) is 41.3 Å². The summed E-state index contributed by atoms with van der Waals surface area (Å²) in [5.74, 6) is -0.177. The Labute approximate surface area is 163 Å². The van der Waals surface area contributed by atoms with Gasteiger partial charge in [-0.3, -0.25) is 0 Å². The largest absolute Gasteiger partial charge is 0.419 e. The molecule has 0 saturated carbocycles. The maximum atomic E-state index is 13.2. The highest BCUT2D eigenvalue weighted by molar-refractivity contribution is 7.91. The summed E-state index contributed by atoms with van der Waals surface area (Å²) in [6.45, 7) is 1.47. The predicted octanol–water partition coefficient (Wildman–Crippen LogP) is 2.26. The zero-order chi connectivity index (χ0) is 20.1. The summed E-state index contributed by atoms with van der Waals surface area (Å²) in [7, 11) is 0.231. The molecule has 2 N–H and O–H groups in total. The van der Waals surface area contributed by atoms with Crippen LogP contribution in [0.25, 0.3) is 11.5 Å². The number of nitrogens with one attached hydrogen (secondary N) is 2. The van der Waals surface area contributed by atoms with Crippen molar-refractivity contribution in [2.75, 3.05) is 32.5 Å². The van der Waals surface area contributed by atoms with Gasteiger partial charge in [-0.1, -0.05) is 18.2 Å². The van der Waals surface area contributed by atoms with Crippen LogP contribution in [0.2, 0.25) is 0 Å². The number of anilines is 1. The molecule has 0 aliphatic rings. The van der Waals surface area contributed by atoms with Crippen molar-refractivity contribution < 1.29 is 22.1 Å². The highest BCUT2D eigenvalue weighted by atomic mass is 32.2. The molecule has 0 spiro atoms. The summed E-state index contributed by atoms with van der Waals surface area (Å²) in [5, 5.41) is 2.88. The van der Waals surface area contributed by atoms with Gasteiger partial charge in [0, 0.05) is 18.5 Å². The van der Waals surface area contributed by atoms with E-state index in [2.05, 4.69) is 10.3 Å². The van der Waals surface area contributed by atoms with Gasteiger partial charge in [-0.2, -0.15) is 4.98 Å². The fourth-order valence-electron chi connectivity index (χ4n) is 2.67. The van der Waals surface area contributed by atoms with Crippen LogP contribution in [0.15, 0.2) is 68.9 Å². The van der Waals surface area contributed by atoms with Crippen LogP contribution in [0.3, 0.4) is 0 Å². The number of oxazole rings is 1. The number of sulfone groups is 1. The lowest BCUT2D eigenvalue weighted by atomic mass is 10.2. The van der Waals surface area contributed by atoms with Crippen LogP contribution in [0.1, 0.15) is 6.42 Å². The molecule has 8 heteroatoms. The topological polar surface area (TPSA) is 76.6 Å². The summed E-state index contributed by atoms with van der Waals surface area (Å²) in [6, 6.07) is 13.6. The van der Waals surface area contributed by atoms with Gasteiger partial charge < -0.3 is 14.6 Å². The third-order valence-electron chi connectivity index (χ3n) is 4.13. The van der Waals surface area contributed by atoms with Crippen molar-refractivity contribution in [3.05, 3.63) is 60.4 Å². The predicted molar refractivity (Wildman–Crippen MR) is 105 cm³/mol. The molecule has 0 saturated heterocycles. The molecule has 0 bridgehead atoms. The van der Waals surface area contributed by atoms with E-state index in [0.717, 1.165) is 13.0 Å². The maximum absolute atomic E-state index is 13.2. The highest BCUT2D eigenvalue weighted by Crippen LogP contribution is 2.32. The third kappa shape index (κ3) is 4.58. The van der Waals surface area contributed by atoms with Gasteiger partial charge in [-0.05, 0) is 36.4 Å². The zero-order valence-corrected chi connectivity index (χ0v) is 16.6. The molecule has 1 aromatic heterocycles. The van der Waals surface area contributed by atoms with Gasteiger partial charge in [0.05, 0.1) is 25.5 Å². The second-order valence-electron chi connectivity index (χ2n) is 6.71. The number of halogens is 1. The van der Waals surface area contributed by atoms with Crippen molar-refractivity contribution in [2.45, 2.75) is 16.3 Å². The van der Waals surface area contributed by atoms with E-state index < -0.39 is 15.7 Å². The number of hydrogen-bond acceptors (Lipinski definition) is 5. The first-order valence-electron chi connectivity index (χ1n) is 8.98. The Morgan fingerprint density at radius 3 is 2.39 bits per heavy atom. The van der Waals surface area contributed by atoms with Crippen molar-refractivity contribution in [2.24, 2.45) is 0 Å². The molecule has 3 rings (SSSR count). The molecule has 6 nitrogen and oxygen atoms in total. The summed E-state index contributed by atoms with van der Waals surface area (Å²) >= 11 is 0. The van der Waals surface area contributed by atoms with Crippen molar-refractivity contribution in [1.82, 2.24) is 4.98 Å². The molecule has 0 aliphatic carbocycles. The summed E-state index contributed by atoms with van der Waals surface area (Å²) in [6.07, 6.45) is 0.833. The van der Waals surface area contributed by atoms with Gasteiger partial charge in [0.15, 0.2) is 0 Å². The minimum atomic E-state index is -3.87. The highest BCUT2D eigenvalue weighted by Gasteiger charge is 2.28. The van der Waals surface area contributed by atoms with Crippen molar-refractivity contribution >= 4 is 15.7 Å². The number of aromatic nitrogens is 1. The average molecular weight is 404 g/mol. The normalized spacial score (nSPS) is 11.7. The van der Waals surface area contributed by atoms with Crippen molar-refractivity contribution in [1.29, 1.82) is 0 Å². The van der Waals surface area contributed by atoms with E-state index in [0.29, 0.717) is 12.1 Å². The number of benzene rings is 2. The Bertz CT molecular complexity index is 1020. The van der Waals surface area contributed by atoms with E-state index in [9.17, 15) is 12.8 Å². The van der Waals surface area contributed by atoms with Gasteiger partial charge >= 0.3 is 0 Å². The molecule has 148 valence electrons. The second kappa shape index (κ2) is 8.53. The van der Waals surface area contributed by atoms with Gasteiger partial charge in [0.2, 0.25) is 26.6 Å². The summed E-state index contributed by atoms with van der Waals surface area (Å²) in [5.41, 5.74) is 0.497. The zero-order valence-electron chi connectivity index (χ0n) is 15.8. The molecule has 3 aromatic rings. The molecular weight excluding hydrogens is 381 g/mol. The molecule has 0 unspecified atom stereocenters. The first-order chi connectivity index (χ1) is 13.4. The first kappa shape index (κ1) is 20.0. The summed E-state index contributed by atoms with van der Waals surface area (Å²) in [4.78, 5) is 5.66. The Morgan fingerprint density at radius 2 is 1.75 bits per heavy atom. The number of rotatable bonds is 8. The van der Waals surface area contributed by atoms with E-state index in [-0.39, 0.29) is 21.7 Å². The van der Waals surface area contributed by atoms with Crippen LogP contribution in [-0.4, -0.2) is 40.6 Å². The number of quaternary nitrogens is 1. The van der Waals surface area contributed by atoms with Crippen LogP contribution >= 0.6 is 0 Å². The van der Waals surface area contributed by atoms with Crippen LogP contribution < -0.4 is 10.2 Å². The Hall–Kier alpha value is -2.71. The van der Waals surface area contributed by atoms with Crippen LogP contribution in [0, 0.1) is 5.82 Å². The van der Waals surface area contributed by atoms with E-state index in [1.54, 1.807) is 18.2 Å². The first-order valence-corrected chi connectivity index (χ1v) is 10.5. The quantitative estimate of drug-likeness (QED) is 0.563. The summed E-state index contributed by atoms with van der Waals surface area (Å²) < 4.78 is 45.1. The molecule has 0 aliphatic heterocycles. The molecular formula is C20H23FN3O3S+. The lowest BCUT2D eigenvalue weighted by Crippen LogP contribution is -3.05. The molecule has 0 amide bonds. The second-order valence-corrected chi connectivity index (χ2v) is 8.58. The average Bonchev–Trinajstić information content (AvgIpc) is 3.11. The van der Waals surface area contributed by atoms with Crippen molar-refractivity contribution in [3.8, 4) is 11.5 Å². The van der Waals surface area contributed by atoms with Gasteiger partial charge in [-0.15, -0.1) is 0 Å². The molecule has 0 radical (unpaired) electrons. The van der Waals surface area contributed by atoms with Crippen LogP contribution in [-0.2, 0) is 9.84 Å². The maximum Gasteiger partial charge on any atom is 0.233 e. The number of hydrogen-bond donors (Lipinski definition) is 2. The standard InChI is InChI=1S/C20H22FN3O3S/c1-24(2)14-6-13-22-19-20(28(25,26)17-7-4-3-5-8-17)23-18(27-19)15-9-11-16(21)12-10-15/h3-5,7-12,22H,6,13-14H2,1-2H3/p+1. The minimum Gasteiger partial charge on any atom is -0.419 e. The molecule has 28 heavy (non-hydrogen) atoms. The minimum absolute atomic E-state index is 0.0944. The molecule has 2 aromatic carbocycles.